The highest BCUT2D eigenvalue weighted by molar-refractivity contribution is 5.82. The number of methoxy groups -OCH3 is 1. The van der Waals surface area contributed by atoms with Gasteiger partial charge in [-0.2, -0.15) is 4.98 Å². The van der Waals surface area contributed by atoms with Crippen LogP contribution in [0.1, 0.15) is 50.1 Å². The summed E-state index contributed by atoms with van der Waals surface area (Å²) in [5.41, 5.74) is 1.50. The standard InChI is InChI=1S/C25H28N4O5/c1-3-4-14-29-22(30)12-11-19(23(29)18-9-5-6-10-20(18)32-2)25(31)33-16-21-27-24(28-34-21)17-8-7-13-26-15-17/h5-10,13,15,19,23H,3-4,11-12,14,16H2,1-2H3. The third-order valence-electron chi connectivity index (χ3n) is 5.95. The van der Waals surface area contributed by atoms with Gasteiger partial charge in [0.15, 0.2) is 6.61 Å². The number of aromatic nitrogens is 3. The Morgan fingerprint density at radius 3 is 2.85 bits per heavy atom. The summed E-state index contributed by atoms with van der Waals surface area (Å²) in [6.45, 7) is 2.49. The van der Waals surface area contributed by atoms with Gasteiger partial charge in [0, 0.05) is 36.5 Å². The van der Waals surface area contributed by atoms with Crippen LogP contribution in [-0.2, 0) is 20.9 Å². The van der Waals surface area contributed by atoms with Crippen LogP contribution in [0.5, 0.6) is 5.75 Å². The number of rotatable bonds is 9. The Morgan fingerprint density at radius 1 is 1.24 bits per heavy atom. The van der Waals surface area contributed by atoms with Crippen molar-refractivity contribution in [2.45, 2.75) is 45.3 Å². The van der Waals surface area contributed by atoms with E-state index in [1.54, 1.807) is 30.5 Å². The van der Waals surface area contributed by atoms with Crippen molar-refractivity contribution in [3.05, 3.63) is 60.2 Å². The number of pyridine rings is 1. The molecule has 9 heteroatoms. The van der Waals surface area contributed by atoms with Crippen molar-refractivity contribution >= 4 is 11.9 Å². The molecule has 1 aliphatic heterocycles. The molecule has 2 atom stereocenters. The number of carbonyl (C=O) groups is 2. The molecule has 2 unspecified atom stereocenters. The van der Waals surface area contributed by atoms with E-state index in [0.717, 1.165) is 18.4 Å². The molecular weight excluding hydrogens is 436 g/mol. The van der Waals surface area contributed by atoms with Gasteiger partial charge in [0.2, 0.25) is 11.7 Å². The van der Waals surface area contributed by atoms with Crippen LogP contribution in [0.4, 0.5) is 0 Å². The highest BCUT2D eigenvalue weighted by atomic mass is 16.6. The quantitative estimate of drug-likeness (QED) is 0.438. The van der Waals surface area contributed by atoms with Gasteiger partial charge in [0.05, 0.1) is 19.1 Å². The molecular formula is C25H28N4O5. The summed E-state index contributed by atoms with van der Waals surface area (Å²) >= 11 is 0. The summed E-state index contributed by atoms with van der Waals surface area (Å²) in [7, 11) is 1.59. The summed E-state index contributed by atoms with van der Waals surface area (Å²) in [6.07, 6.45) is 5.76. The van der Waals surface area contributed by atoms with E-state index in [1.165, 1.54) is 0 Å². The molecule has 34 heavy (non-hydrogen) atoms. The number of ether oxygens (including phenoxy) is 2. The van der Waals surface area contributed by atoms with Crippen LogP contribution < -0.4 is 4.74 Å². The fraction of sp³-hybridized carbons (Fsp3) is 0.400. The van der Waals surface area contributed by atoms with E-state index in [9.17, 15) is 9.59 Å². The lowest BCUT2D eigenvalue weighted by Crippen LogP contribution is -2.46. The number of esters is 1. The minimum absolute atomic E-state index is 0.0337. The van der Waals surface area contributed by atoms with Crippen molar-refractivity contribution in [3.63, 3.8) is 0 Å². The molecule has 178 valence electrons. The van der Waals surface area contributed by atoms with E-state index in [1.807, 2.05) is 30.3 Å². The predicted molar refractivity (Wildman–Crippen MR) is 122 cm³/mol. The lowest BCUT2D eigenvalue weighted by atomic mass is 9.83. The zero-order valence-electron chi connectivity index (χ0n) is 19.3. The van der Waals surface area contributed by atoms with E-state index in [-0.39, 0.29) is 18.4 Å². The first kappa shape index (κ1) is 23.4. The van der Waals surface area contributed by atoms with Crippen LogP contribution in [-0.4, -0.2) is 45.6 Å². The van der Waals surface area contributed by atoms with Crippen LogP contribution in [0.2, 0.25) is 0 Å². The van der Waals surface area contributed by atoms with Gasteiger partial charge in [-0.1, -0.05) is 36.7 Å². The zero-order valence-corrected chi connectivity index (χ0v) is 19.3. The molecule has 1 fully saturated rings. The van der Waals surface area contributed by atoms with Crippen molar-refractivity contribution in [3.8, 4) is 17.1 Å². The average molecular weight is 465 g/mol. The molecule has 0 saturated carbocycles. The molecule has 0 N–H and O–H groups in total. The van der Waals surface area contributed by atoms with E-state index >= 15 is 0 Å². The molecule has 1 aliphatic rings. The molecule has 9 nitrogen and oxygen atoms in total. The minimum atomic E-state index is -0.536. The Morgan fingerprint density at radius 2 is 2.09 bits per heavy atom. The van der Waals surface area contributed by atoms with E-state index < -0.39 is 17.9 Å². The minimum Gasteiger partial charge on any atom is -0.496 e. The summed E-state index contributed by atoms with van der Waals surface area (Å²) in [4.78, 5) is 36.2. The van der Waals surface area contributed by atoms with Crippen LogP contribution in [0, 0.1) is 5.92 Å². The van der Waals surface area contributed by atoms with Crippen molar-refractivity contribution in [1.82, 2.24) is 20.0 Å². The third kappa shape index (κ3) is 5.08. The van der Waals surface area contributed by atoms with Gasteiger partial charge >= 0.3 is 5.97 Å². The smallest absolute Gasteiger partial charge is 0.311 e. The average Bonchev–Trinajstić information content (AvgIpc) is 3.36. The van der Waals surface area contributed by atoms with Crippen LogP contribution in [0.15, 0.2) is 53.3 Å². The van der Waals surface area contributed by atoms with Gasteiger partial charge in [-0.3, -0.25) is 14.6 Å². The molecule has 0 spiro atoms. The van der Waals surface area contributed by atoms with Gasteiger partial charge in [0.25, 0.3) is 5.89 Å². The topological polar surface area (TPSA) is 108 Å². The maximum atomic E-state index is 13.3. The summed E-state index contributed by atoms with van der Waals surface area (Å²) in [5.74, 6) is 0.291. The van der Waals surface area contributed by atoms with E-state index in [0.29, 0.717) is 36.5 Å². The van der Waals surface area contributed by atoms with Crippen molar-refractivity contribution in [2.75, 3.05) is 13.7 Å². The number of para-hydroxylation sites is 1. The summed E-state index contributed by atoms with van der Waals surface area (Å²) < 4.78 is 16.4. The molecule has 0 bridgehead atoms. The molecule has 0 aliphatic carbocycles. The molecule has 0 radical (unpaired) electrons. The second-order valence-electron chi connectivity index (χ2n) is 8.13. The predicted octanol–water partition coefficient (Wildman–Crippen LogP) is 3.96. The van der Waals surface area contributed by atoms with Crippen LogP contribution in [0.25, 0.3) is 11.4 Å². The van der Waals surface area contributed by atoms with Gasteiger partial charge in [0.1, 0.15) is 5.75 Å². The van der Waals surface area contributed by atoms with Gasteiger partial charge in [-0.05, 0) is 31.0 Å². The number of amides is 1. The maximum Gasteiger partial charge on any atom is 0.311 e. The number of likely N-dealkylation sites (tertiary alicyclic amines) is 1. The first-order valence-electron chi connectivity index (χ1n) is 11.4. The number of nitrogens with zero attached hydrogens (tertiary/aromatic N) is 4. The largest absolute Gasteiger partial charge is 0.496 e. The maximum absolute atomic E-state index is 13.3. The van der Waals surface area contributed by atoms with Crippen LogP contribution >= 0.6 is 0 Å². The summed E-state index contributed by atoms with van der Waals surface area (Å²) in [6, 6.07) is 10.6. The van der Waals surface area contributed by atoms with E-state index in [4.69, 9.17) is 14.0 Å². The van der Waals surface area contributed by atoms with E-state index in [2.05, 4.69) is 22.0 Å². The SMILES string of the molecule is CCCCN1C(=O)CCC(C(=O)OCc2nc(-c3cccnc3)no2)C1c1ccccc1OC. The molecule has 1 amide bonds. The normalized spacial score (nSPS) is 18.1. The molecule has 1 aromatic carbocycles. The van der Waals surface area contributed by atoms with Gasteiger partial charge < -0.3 is 18.9 Å². The highest BCUT2D eigenvalue weighted by Gasteiger charge is 2.42. The Labute approximate surface area is 198 Å². The number of piperidine rings is 1. The Balaban J connectivity index is 1.54. The fourth-order valence-corrected chi connectivity index (χ4v) is 4.25. The lowest BCUT2D eigenvalue weighted by molar-refractivity contribution is -0.159. The molecule has 4 rings (SSSR count). The number of unbranched alkanes of at least 4 members (excludes halogenated alkanes) is 1. The second-order valence-corrected chi connectivity index (χ2v) is 8.13. The number of carbonyl (C=O) groups excluding carboxylic acids is 2. The van der Waals surface area contributed by atoms with Gasteiger partial charge in [-0.25, -0.2) is 0 Å². The first-order chi connectivity index (χ1) is 16.6. The number of hydrogen-bond acceptors (Lipinski definition) is 8. The van der Waals surface area contributed by atoms with Crippen molar-refractivity contribution in [1.29, 1.82) is 0 Å². The Bertz CT molecular complexity index is 1120. The Kier molecular flexibility index (Phi) is 7.51. The fourth-order valence-electron chi connectivity index (χ4n) is 4.25. The van der Waals surface area contributed by atoms with Crippen LogP contribution in [0.3, 0.4) is 0 Å². The molecule has 3 aromatic rings. The monoisotopic (exact) mass is 464 g/mol. The number of hydrogen-bond donors (Lipinski definition) is 0. The molecule has 3 heterocycles. The first-order valence-corrected chi connectivity index (χ1v) is 11.4. The molecule has 2 aromatic heterocycles. The number of benzene rings is 1. The second kappa shape index (κ2) is 10.9. The van der Waals surface area contributed by atoms with Crippen molar-refractivity contribution in [2.24, 2.45) is 5.92 Å². The highest BCUT2D eigenvalue weighted by Crippen LogP contribution is 2.41. The van der Waals surface area contributed by atoms with Crippen molar-refractivity contribution < 1.29 is 23.6 Å². The summed E-state index contributed by atoms with van der Waals surface area (Å²) in [5, 5.41) is 3.93. The lowest BCUT2D eigenvalue weighted by Gasteiger charge is -2.40. The third-order valence-corrected chi connectivity index (χ3v) is 5.95. The Hall–Kier alpha value is -3.75. The van der Waals surface area contributed by atoms with Gasteiger partial charge in [-0.15, -0.1) is 0 Å². The zero-order chi connectivity index (χ0) is 23.9. The molecule has 1 saturated heterocycles.